The Balaban J connectivity index is -0.000000166. The summed E-state index contributed by atoms with van der Waals surface area (Å²) in [5, 5.41) is 0. The summed E-state index contributed by atoms with van der Waals surface area (Å²) in [6.45, 7) is 4.00. The molecule has 0 spiro atoms. The maximum Gasteiger partial charge on any atom is 3.00 e. The molecule has 0 aliphatic rings. The molecule has 99 valence electrons. The molecule has 1 aromatic carbocycles. The van der Waals surface area contributed by atoms with Gasteiger partial charge >= 0.3 is 50.1 Å². The van der Waals surface area contributed by atoms with E-state index in [1.54, 1.807) is 0 Å². The normalized spacial score (nSPS) is 13.8. The van der Waals surface area contributed by atoms with Gasteiger partial charge < -0.3 is 6.42 Å². The van der Waals surface area contributed by atoms with Crippen molar-refractivity contribution in [3.63, 3.8) is 0 Å². The van der Waals surface area contributed by atoms with Gasteiger partial charge in [-0.3, -0.25) is 0 Å². The van der Waals surface area contributed by atoms with E-state index >= 15 is 0 Å². The van der Waals surface area contributed by atoms with Crippen LogP contribution in [0.5, 0.6) is 0 Å². The zero-order chi connectivity index (χ0) is 12.7. The van der Waals surface area contributed by atoms with E-state index in [1.165, 1.54) is 0 Å². The van der Waals surface area contributed by atoms with Crippen molar-refractivity contribution < 1.29 is 42.3 Å². The van der Waals surface area contributed by atoms with Gasteiger partial charge in [0.15, 0.2) is 0 Å². The summed E-state index contributed by atoms with van der Waals surface area (Å²) in [7, 11) is -10.7. The van der Waals surface area contributed by atoms with Crippen molar-refractivity contribution >= 4 is 7.81 Å². The molecule has 0 nitrogen and oxygen atoms in total. The van der Waals surface area contributed by atoms with Crippen molar-refractivity contribution in [3.05, 3.63) is 36.8 Å². The van der Waals surface area contributed by atoms with E-state index in [2.05, 4.69) is 0 Å². The van der Waals surface area contributed by atoms with E-state index in [4.69, 9.17) is 0 Å². The first-order chi connectivity index (χ1) is 6.36. The Morgan fingerprint density at radius 2 is 1.06 bits per heavy atom. The summed E-state index contributed by atoms with van der Waals surface area (Å²) < 4.78 is 59.2. The van der Waals surface area contributed by atoms with Crippen LogP contribution in [-0.2, 0) is 17.1 Å². The topological polar surface area (TPSA) is 0 Å². The van der Waals surface area contributed by atoms with E-state index in [0.717, 1.165) is 0 Å². The Morgan fingerprint density at radius 1 is 0.875 bits per heavy atom. The van der Waals surface area contributed by atoms with Gasteiger partial charge in [0.1, 0.15) is 0 Å². The molecule has 0 unspecified atom stereocenters. The minimum atomic E-state index is -10.7. The van der Waals surface area contributed by atoms with E-state index in [-0.39, 0.29) is 17.1 Å². The average molecular weight is 309 g/mol. The first kappa shape index (κ1) is 21.2. The van der Waals surface area contributed by atoms with Crippen LogP contribution in [0.2, 0.25) is 0 Å². The molecule has 0 heterocycles. The van der Waals surface area contributed by atoms with E-state index in [1.807, 2.05) is 50.6 Å². The molecule has 16 heavy (non-hydrogen) atoms. The van der Waals surface area contributed by atoms with Crippen LogP contribution in [0.1, 0.15) is 13.8 Å². The fraction of sp³-hybridized carbons (Fsp3) is 0.250. The second-order valence-corrected chi connectivity index (χ2v) is 4.41. The van der Waals surface area contributed by atoms with Gasteiger partial charge in [-0.25, -0.2) is 12.1 Å². The van der Waals surface area contributed by atoms with Crippen molar-refractivity contribution in [2.45, 2.75) is 13.8 Å². The predicted molar refractivity (Wildman–Crippen MR) is 51.3 cm³/mol. The van der Waals surface area contributed by atoms with Crippen molar-refractivity contribution in [2.75, 3.05) is 0 Å². The number of hydrogen-bond donors (Lipinski definition) is 0. The molecular weight excluding hydrogens is 297 g/mol. The van der Waals surface area contributed by atoms with Crippen molar-refractivity contribution in [1.29, 1.82) is 0 Å². The summed E-state index contributed by atoms with van der Waals surface area (Å²) in [4.78, 5) is 0. The first-order valence-corrected chi connectivity index (χ1v) is 5.86. The molecule has 1 aromatic rings. The standard InChI is InChI=1S/C5H5.C3H7.F6P.Fe/c1-2-4-5-3-1;1-3-2;1-7(2,3,4,5)6;/h1-5H;3H,1-2H3;;/q3*-1;+3. The summed E-state index contributed by atoms with van der Waals surface area (Å²) >= 11 is 0. The minimum Gasteiger partial charge on any atom is -0.214 e. The first-order valence-electron chi connectivity index (χ1n) is 3.84. The molecule has 1 rings (SSSR count). The third-order valence-electron chi connectivity index (χ3n) is 0.556. The van der Waals surface area contributed by atoms with Gasteiger partial charge in [-0.2, -0.15) is 32.0 Å². The van der Waals surface area contributed by atoms with Crippen LogP contribution in [0.25, 0.3) is 0 Å². The maximum atomic E-state index is 9.87. The van der Waals surface area contributed by atoms with Gasteiger partial charge in [0, 0.05) is 0 Å². The molecule has 0 bridgehead atoms. The van der Waals surface area contributed by atoms with E-state index in [0.29, 0.717) is 0 Å². The minimum absolute atomic E-state index is 0. The summed E-state index contributed by atoms with van der Waals surface area (Å²) in [5.74, 6) is 0. The largest absolute Gasteiger partial charge is 3.00 e. The third-order valence-corrected chi connectivity index (χ3v) is 0.556. The third kappa shape index (κ3) is 96.7. The van der Waals surface area contributed by atoms with Crippen LogP contribution in [0.3, 0.4) is 0 Å². The van der Waals surface area contributed by atoms with Crippen LogP contribution in [0.15, 0.2) is 30.3 Å². The van der Waals surface area contributed by atoms with Crippen LogP contribution >= 0.6 is 7.81 Å². The molecule has 0 amide bonds. The van der Waals surface area contributed by atoms with Crippen LogP contribution in [0.4, 0.5) is 25.2 Å². The molecule has 0 saturated carbocycles. The fourth-order valence-corrected chi connectivity index (χ4v) is 0.321. The van der Waals surface area contributed by atoms with Crippen LogP contribution < -0.4 is 0 Å². The molecule has 0 aliphatic carbocycles. The van der Waals surface area contributed by atoms with Crippen molar-refractivity contribution in [3.8, 4) is 0 Å². The molecule has 0 fully saturated rings. The number of halogens is 6. The second-order valence-electron chi connectivity index (χ2n) is 2.50. The summed E-state index contributed by atoms with van der Waals surface area (Å²) in [6, 6.07) is 10.0. The Kier molecular flexibility index (Phi) is 8.71. The Morgan fingerprint density at radius 3 is 1.12 bits per heavy atom. The van der Waals surface area contributed by atoms with Gasteiger partial charge in [0.2, 0.25) is 0 Å². The van der Waals surface area contributed by atoms with Gasteiger partial charge in [0.25, 0.3) is 0 Å². The smallest absolute Gasteiger partial charge is 0.214 e. The monoisotopic (exact) mass is 309 g/mol. The summed E-state index contributed by atoms with van der Waals surface area (Å²) in [6.07, 6.45) is 2.00. The van der Waals surface area contributed by atoms with Crippen LogP contribution in [-0.4, -0.2) is 0 Å². The molecule has 0 saturated heterocycles. The molecule has 0 N–H and O–H groups in total. The SMILES string of the molecule is C[CH-]C.F[P-](F)(F)(F)(F)F.[Fe+3].c1cc[cH-]c1. The van der Waals surface area contributed by atoms with Gasteiger partial charge in [-0.05, 0) is 0 Å². The molecule has 0 aromatic heterocycles. The Bertz CT molecular complexity index is 208. The van der Waals surface area contributed by atoms with Gasteiger partial charge in [-0.1, -0.05) is 0 Å². The second kappa shape index (κ2) is 6.57. The van der Waals surface area contributed by atoms with E-state index < -0.39 is 7.81 Å². The molecular formula is C8H12F6FeP. The molecule has 0 atom stereocenters. The zero-order valence-electron chi connectivity index (χ0n) is 8.53. The van der Waals surface area contributed by atoms with Crippen LogP contribution in [0, 0.1) is 6.42 Å². The Hall–Kier alpha value is -0.121. The summed E-state index contributed by atoms with van der Waals surface area (Å²) in [5.41, 5.74) is 0. The van der Waals surface area contributed by atoms with Crippen molar-refractivity contribution in [2.24, 2.45) is 0 Å². The number of hydrogen-bond acceptors (Lipinski definition) is 0. The van der Waals surface area contributed by atoms with Gasteiger partial charge in [0.05, 0.1) is 0 Å². The predicted octanol–water partition coefficient (Wildman–Crippen LogP) is 6.02. The molecule has 1 radical (unpaired) electrons. The zero-order valence-corrected chi connectivity index (χ0v) is 10.5. The quantitative estimate of drug-likeness (QED) is 0.238. The molecule has 8 heteroatoms. The molecule has 0 aliphatic heterocycles. The van der Waals surface area contributed by atoms with Gasteiger partial charge in [-0.15, -0.1) is 0 Å². The Labute approximate surface area is 101 Å². The van der Waals surface area contributed by atoms with E-state index in [9.17, 15) is 25.2 Å². The fourth-order valence-electron chi connectivity index (χ4n) is 0.321. The number of rotatable bonds is 0. The van der Waals surface area contributed by atoms with Crippen molar-refractivity contribution in [1.82, 2.24) is 0 Å². The maximum absolute atomic E-state index is 10.7. The average Bonchev–Trinajstić information content (AvgIpc) is 2.32.